The number of nitrogens with one attached hydrogen (secondary N) is 1. The molecule has 3 rings (SSSR count). The predicted octanol–water partition coefficient (Wildman–Crippen LogP) is 0.136. The van der Waals surface area contributed by atoms with E-state index in [9.17, 15) is 32.7 Å². The van der Waals surface area contributed by atoms with Crippen LogP contribution >= 0.6 is 23.1 Å². The van der Waals surface area contributed by atoms with E-state index in [0.717, 1.165) is 11.2 Å². The zero-order valence-electron chi connectivity index (χ0n) is 15.9. The van der Waals surface area contributed by atoms with Gasteiger partial charge < -0.3 is 15.2 Å². The molecular weight excluding hydrogens is 456 g/mol. The maximum atomic E-state index is 12.7. The van der Waals surface area contributed by atoms with Gasteiger partial charge in [0.15, 0.2) is 15.1 Å². The second-order valence-electron chi connectivity index (χ2n) is 6.70. The Balaban J connectivity index is 1.80. The number of nitrogens with zero attached hydrogens (tertiary/aromatic N) is 1. The Morgan fingerprint density at radius 2 is 2.10 bits per heavy atom. The van der Waals surface area contributed by atoms with Crippen LogP contribution in [-0.4, -0.2) is 72.2 Å². The fourth-order valence-electron chi connectivity index (χ4n) is 3.23. The monoisotopic (exact) mass is 474 g/mol. The summed E-state index contributed by atoms with van der Waals surface area (Å²) in [5.41, 5.74) is 0.284. The van der Waals surface area contributed by atoms with E-state index < -0.39 is 50.3 Å². The van der Waals surface area contributed by atoms with Crippen molar-refractivity contribution in [2.45, 2.75) is 23.6 Å². The van der Waals surface area contributed by atoms with Gasteiger partial charge in [0.25, 0.3) is 5.91 Å². The Morgan fingerprint density at radius 3 is 2.63 bits per heavy atom. The lowest BCUT2D eigenvalue weighted by Crippen LogP contribution is -2.71. The summed E-state index contributed by atoms with van der Waals surface area (Å²) in [6.07, 6.45) is 0.936. The van der Waals surface area contributed by atoms with Crippen LogP contribution in [-0.2, 0) is 33.8 Å². The van der Waals surface area contributed by atoms with Crippen LogP contribution in [0.25, 0.3) is 0 Å². The Hall–Kier alpha value is -2.38. The smallest absolute Gasteiger partial charge is 0.352 e. The zero-order chi connectivity index (χ0) is 22.2. The first kappa shape index (κ1) is 22.3. The summed E-state index contributed by atoms with van der Waals surface area (Å²) >= 11 is 2.43. The van der Waals surface area contributed by atoms with Gasteiger partial charge in [-0.05, 0) is 22.4 Å². The molecule has 2 aliphatic rings. The quantitative estimate of drug-likeness (QED) is 0.416. The second kappa shape index (κ2) is 8.40. The van der Waals surface area contributed by atoms with Crippen LogP contribution in [0, 0.1) is 0 Å². The Kier molecular flexibility index (Phi) is 6.24. The Bertz CT molecular complexity index is 1030. The lowest BCUT2D eigenvalue weighted by Gasteiger charge is -2.49. The Morgan fingerprint density at radius 1 is 1.40 bits per heavy atom. The third-order valence-electron chi connectivity index (χ3n) is 4.51. The normalized spacial score (nSPS) is 22.1. The van der Waals surface area contributed by atoms with E-state index in [2.05, 4.69) is 5.32 Å². The first-order valence-electron chi connectivity index (χ1n) is 8.57. The second-order valence-corrected chi connectivity index (χ2v) is 10.7. The zero-order valence-corrected chi connectivity index (χ0v) is 18.3. The highest BCUT2D eigenvalue weighted by molar-refractivity contribution is 8.00. The van der Waals surface area contributed by atoms with Crippen molar-refractivity contribution in [3.63, 3.8) is 0 Å². The lowest BCUT2D eigenvalue weighted by molar-refractivity contribution is -0.151. The SMILES string of the molecule is CC(=O)OCC1=C(C(=O)O)N2C(=O)C(NC(=O)C(c3ccsc3)S(C)(=O)=O)[C@@H]2SC1. The molecular formula is C17H18N2O8S3. The number of β-lactam (4-membered cyclic amide) rings is 1. The summed E-state index contributed by atoms with van der Waals surface area (Å²) in [4.78, 5) is 49.1. The van der Waals surface area contributed by atoms with Gasteiger partial charge in [-0.1, -0.05) is 0 Å². The molecule has 2 unspecified atom stereocenters. The van der Waals surface area contributed by atoms with E-state index in [1.807, 2.05) is 0 Å². The molecule has 0 radical (unpaired) electrons. The van der Waals surface area contributed by atoms with E-state index in [1.54, 1.807) is 10.8 Å². The van der Waals surface area contributed by atoms with Crippen LogP contribution < -0.4 is 5.32 Å². The number of thiophene rings is 1. The first-order valence-corrected chi connectivity index (χ1v) is 12.5. The van der Waals surface area contributed by atoms with Crippen molar-refractivity contribution in [1.29, 1.82) is 0 Å². The Labute approximate surface area is 180 Å². The number of carboxylic acid groups (broad SMARTS) is 1. The van der Waals surface area contributed by atoms with Gasteiger partial charge in [-0.3, -0.25) is 19.3 Å². The number of carboxylic acids is 1. The molecule has 3 atom stereocenters. The molecule has 1 fully saturated rings. The third-order valence-corrected chi connectivity index (χ3v) is 7.89. The minimum absolute atomic E-state index is 0.176. The molecule has 1 saturated heterocycles. The van der Waals surface area contributed by atoms with Gasteiger partial charge in [0.1, 0.15) is 23.7 Å². The van der Waals surface area contributed by atoms with Gasteiger partial charge >= 0.3 is 11.9 Å². The maximum absolute atomic E-state index is 12.7. The van der Waals surface area contributed by atoms with Gasteiger partial charge in [0, 0.05) is 24.5 Å². The predicted molar refractivity (Wildman–Crippen MR) is 108 cm³/mol. The molecule has 0 aromatic carbocycles. The molecule has 30 heavy (non-hydrogen) atoms. The van der Waals surface area contributed by atoms with Crippen molar-refractivity contribution in [2.75, 3.05) is 18.6 Å². The highest BCUT2D eigenvalue weighted by atomic mass is 32.2. The molecule has 2 amide bonds. The molecule has 162 valence electrons. The van der Waals surface area contributed by atoms with E-state index >= 15 is 0 Å². The molecule has 2 aliphatic heterocycles. The van der Waals surface area contributed by atoms with E-state index in [-0.39, 0.29) is 23.6 Å². The average Bonchev–Trinajstić information content (AvgIpc) is 3.16. The first-order chi connectivity index (χ1) is 14.0. The van der Waals surface area contributed by atoms with Crippen LogP contribution in [0.15, 0.2) is 28.1 Å². The number of sulfone groups is 1. The van der Waals surface area contributed by atoms with Crippen molar-refractivity contribution in [2.24, 2.45) is 0 Å². The molecule has 1 aromatic rings. The summed E-state index contributed by atoms with van der Waals surface area (Å²) in [5, 5.41) is 13.0. The number of carbonyl (C=O) groups is 4. The standard InChI is InChI=1S/C17H18N2O8S3/c1-8(20)27-5-10-7-29-16-11(15(22)19(16)12(10)17(23)24)18-14(21)13(30(2,25)26)9-3-4-28-6-9/h3-4,6,11,13,16H,5,7H2,1-2H3,(H,18,21)(H,23,24)/t11?,13?,16-/m0/s1. The van der Waals surface area contributed by atoms with Crippen molar-refractivity contribution < 1.29 is 37.4 Å². The van der Waals surface area contributed by atoms with Crippen LogP contribution in [0.1, 0.15) is 17.7 Å². The minimum Gasteiger partial charge on any atom is -0.477 e. The molecule has 0 saturated carbocycles. The molecule has 10 nitrogen and oxygen atoms in total. The van der Waals surface area contributed by atoms with Gasteiger partial charge in [-0.15, -0.1) is 11.8 Å². The summed E-state index contributed by atoms with van der Waals surface area (Å²) < 4.78 is 29.2. The number of hydrogen-bond acceptors (Lipinski definition) is 9. The fraction of sp³-hybridized carbons (Fsp3) is 0.412. The van der Waals surface area contributed by atoms with Crippen molar-refractivity contribution in [3.05, 3.63) is 33.7 Å². The van der Waals surface area contributed by atoms with E-state index in [0.29, 0.717) is 5.56 Å². The molecule has 13 heteroatoms. The van der Waals surface area contributed by atoms with Gasteiger partial charge in [-0.2, -0.15) is 11.3 Å². The summed E-state index contributed by atoms with van der Waals surface area (Å²) in [5.74, 6) is -3.28. The van der Waals surface area contributed by atoms with Crippen molar-refractivity contribution in [3.8, 4) is 0 Å². The number of carbonyl (C=O) groups excluding carboxylic acids is 3. The molecule has 0 spiro atoms. The molecule has 0 aliphatic carbocycles. The number of amides is 2. The molecule has 1 aromatic heterocycles. The van der Waals surface area contributed by atoms with Gasteiger partial charge in [-0.25, -0.2) is 13.2 Å². The number of ether oxygens (including phenoxy) is 1. The number of fused-ring (bicyclic) bond motifs is 1. The maximum Gasteiger partial charge on any atom is 0.352 e. The third kappa shape index (κ3) is 4.23. The molecule has 2 N–H and O–H groups in total. The number of esters is 1. The fourth-order valence-corrected chi connectivity index (χ4v) is 6.43. The number of thioether (sulfide) groups is 1. The number of hydrogen-bond donors (Lipinski definition) is 2. The van der Waals surface area contributed by atoms with E-state index in [1.165, 1.54) is 36.1 Å². The van der Waals surface area contributed by atoms with Gasteiger partial charge in [0.2, 0.25) is 5.91 Å². The lowest BCUT2D eigenvalue weighted by atomic mass is 10.0. The number of aliphatic carboxylic acids is 1. The van der Waals surface area contributed by atoms with Crippen LogP contribution in [0.2, 0.25) is 0 Å². The largest absolute Gasteiger partial charge is 0.477 e. The summed E-state index contributed by atoms with van der Waals surface area (Å²) in [6, 6.07) is 0.460. The highest BCUT2D eigenvalue weighted by Gasteiger charge is 2.55. The van der Waals surface area contributed by atoms with E-state index in [4.69, 9.17) is 4.74 Å². The summed E-state index contributed by atoms with van der Waals surface area (Å²) in [6.45, 7) is 0.928. The summed E-state index contributed by atoms with van der Waals surface area (Å²) in [7, 11) is -3.80. The minimum atomic E-state index is -3.80. The number of rotatable bonds is 7. The van der Waals surface area contributed by atoms with Crippen molar-refractivity contribution >= 4 is 56.7 Å². The van der Waals surface area contributed by atoms with Crippen LogP contribution in [0.3, 0.4) is 0 Å². The van der Waals surface area contributed by atoms with Crippen molar-refractivity contribution in [1.82, 2.24) is 10.2 Å². The highest BCUT2D eigenvalue weighted by Crippen LogP contribution is 2.40. The van der Waals surface area contributed by atoms with Crippen LogP contribution in [0.4, 0.5) is 0 Å². The molecule has 3 heterocycles. The molecule has 0 bridgehead atoms. The van der Waals surface area contributed by atoms with Gasteiger partial charge in [0.05, 0.1) is 0 Å². The average molecular weight is 475 g/mol. The topological polar surface area (TPSA) is 147 Å². The van der Waals surface area contributed by atoms with Crippen LogP contribution in [0.5, 0.6) is 0 Å².